The fourth-order valence-corrected chi connectivity index (χ4v) is 2.26. The standard InChI is InChI=1S/C12H20N4/c1-3-11-9(2)12(15-8-14-11)16-6-4-10(13)5-7-16/h8,10H,3-7,13H2,1-2H3. The molecule has 1 saturated heterocycles. The molecule has 0 saturated carbocycles. The van der Waals surface area contributed by atoms with Crippen molar-refractivity contribution in [2.24, 2.45) is 5.73 Å². The Labute approximate surface area is 96.9 Å². The zero-order valence-corrected chi connectivity index (χ0v) is 10.1. The minimum Gasteiger partial charge on any atom is -0.356 e. The molecule has 2 rings (SSSR count). The van der Waals surface area contributed by atoms with Crippen molar-refractivity contribution < 1.29 is 0 Å². The van der Waals surface area contributed by atoms with Gasteiger partial charge < -0.3 is 10.6 Å². The molecule has 1 fully saturated rings. The highest BCUT2D eigenvalue weighted by atomic mass is 15.2. The maximum atomic E-state index is 5.91. The molecule has 0 radical (unpaired) electrons. The van der Waals surface area contributed by atoms with Crippen LogP contribution in [0.2, 0.25) is 0 Å². The second-order valence-electron chi connectivity index (χ2n) is 4.45. The summed E-state index contributed by atoms with van der Waals surface area (Å²) in [6.07, 6.45) is 4.76. The highest BCUT2D eigenvalue weighted by molar-refractivity contribution is 5.48. The first kappa shape index (κ1) is 11.3. The number of hydrogen-bond acceptors (Lipinski definition) is 4. The minimum atomic E-state index is 0.365. The maximum absolute atomic E-state index is 5.91. The quantitative estimate of drug-likeness (QED) is 0.815. The van der Waals surface area contributed by atoms with Crippen molar-refractivity contribution in [2.75, 3.05) is 18.0 Å². The number of anilines is 1. The van der Waals surface area contributed by atoms with E-state index >= 15 is 0 Å². The second kappa shape index (κ2) is 4.78. The highest BCUT2D eigenvalue weighted by Crippen LogP contribution is 2.22. The molecule has 16 heavy (non-hydrogen) atoms. The molecule has 0 aliphatic carbocycles. The summed E-state index contributed by atoms with van der Waals surface area (Å²) in [6.45, 7) is 6.28. The molecule has 88 valence electrons. The van der Waals surface area contributed by atoms with Crippen molar-refractivity contribution >= 4 is 5.82 Å². The van der Waals surface area contributed by atoms with E-state index in [1.807, 2.05) is 0 Å². The summed E-state index contributed by atoms with van der Waals surface area (Å²) in [5, 5.41) is 0. The lowest BCUT2D eigenvalue weighted by Crippen LogP contribution is -2.40. The van der Waals surface area contributed by atoms with Crippen LogP contribution >= 0.6 is 0 Å². The molecule has 4 heteroatoms. The van der Waals surface area contributed by atoms with Crippen molar-refractivity contribution in [3.63, 3.8) is 0 Å². The van der Waals surface area contributed by atoms with Gasteiger partial charge in [0.25, 0.3) is 0 Å². The number of piperidine rings is 1. The van der Waals surface area contributed by atoms with Crippen LogP contribution in [0.4, 0.5) is 5.82 Å². The topological polar surface area (TPSA) is 55.0 Å². The summed E-state index contributed by atoms with van der Waals surface area (Å²) in [5.41, 5.74) is 8.29. The Kier molecular flexibility index (Phi) is 3.39. The van der Waals surface area contributed by atoms with Gasteiger partial charge in [-0.2, -0.15) is 0 Å². The SMILES string of the molecule is CCc1ncnc(N2CCC(N)CC2)c1C. The molecule has 1 aliphatic rings. The van der Waals surface area contributed by atoms with Gasteiger partial charge in [-0.05, 0) is 26.2 Å². The Hall–Kier alpha value is -1.16. The first-order valence-electron chi connectivity index (χ1n) is 6.03. The van der Waals surface area contributed by atoms with Gasteiger partial charge in [-0.3, -0.25) is 0 Å². The van der Waals surface area contributed by atoms with Gasteiger partial charge in [-0.25, -0.2) is 9.97 Å². The van der Waals surface area contributed by atoms with Crippen molar-refractivity contribution in [3.8, 4) is 0 Å². The third-order valence-electron chi connectivity index (χ3n) is 3.34. The average Bonchev–Trinajstić information content (AvgIpc) is 2.31. The first-order chi connectivity index (χ1) is 7.72. The summed E-state index contributed by atoms with van der Waals surface area (Å²) in [7, 11) is 0. The highest BCUT2D eigenvalue weighted by Gasteiger charge is 2.19. The predicted octanol–water partition coefficient (Wildman–Crippen LogP) is 1.27. The van der Waals surface area contributed by atoms with E-state index in [2.05, 4.69) is 28.7 Å². The second-order valence-corrected chi connectivity index (χ2v) is 4.45. The summed E-state index contributed by atoms with van der Waals surface area (Å²) in [4.78, 5) is 11.0. The largest absolute Gasteiger partial charge is 0.356 e. The van der Waals surface area contributed by atoms with Crippen molar-refractivity contribution in [1.82, 2.24) is 9.97 Å². The number of aryl methyl sites for hydroxylation is 1. The van der Waals surface area contributed by atoms with Gasteiger partial charge in [0.15, 0.2) is 0 Å². The Morgan fingerprint density at radius 3 is 2.69 bits per heavy atom. The first-order valence-corrected chi connectivity index (χ1v) is 6.03. The number of hydrogen-bond donors (Lipinski definition) is 1. The lowest BCUT2D eigenvalue weighted by atomic mass is 10.1. The number of rotatable bonds is 2. The van der Waals surface area contributed by atoms with E-state index in [9.17, 15) is 0 Å². The lowest BCUT2D eigenvalue weighted by Gasteiger charge is -2.32. The van der Waals surface area contributed by atoms with E-state index in [0.29, 0.717) is 6.04 Å². The lowest BCUT2D eigenvalue weighted by molar-refractivity contribution is 0.497. The zero-order chi connectivity index (χ0) is 11.5. The smallest absolute Gasteiger partial charge is 0.135 e. The maximum Gasteiger partial charge on any atom is 0.135 e. The number of aromatic nitrogens is 2. The fraction of sp³-hybridized carbons (Fsp3) is 0.667. The van der Waals surface area contributed by atoms with Gasteiger partial charge in [-0.1, -0.05) is 6.92 Å². The van der Waals surface area contributed by atoms with E-state index in [4.69, 9.17) is 5.73 Å². The molecule has 0 amide bonds. The third kappa shape index (κ3) is 2.16. The van der Waals surface area contributed by atoms with E-state index in [1.54, 1.807) is 6.33 Å². The summed E-state index contributed by atoms with van der Waals surface area (Å²) < 4.78 is 0. The molecular weight excluding hydrogens is 200 g/mol. The normalized spacial score (nSPS) is 17.8. The molecule has 0 atom stereocenters. The fourth-order valence-electron chi connectivity index (χ4n) is 2.26. The summed E-state index contributed by atoms with van der Waals surface area (Å²) >= 11 is 0. The van der Waals surface area contributed by atoms with Gasteiger partial charge in [0.2, 0.25) is 0 Å². The van der Waals surface area contributed by atoms with E-state index in [1.165, 1.54) is 5.56 Å². The monoisotopic (exact) mass is 220 g/mol. The van der Waals surface area contributed by atoms with E-state index < -0.39 is 0 Å². The summed E-state index contributed by atoms with van der Waals surface area (Å²) in [5.74, 6) is 1.10. The molecule has 1 aliphatic heterocycles. The number of nitrogens with zero attached hydrogens (tertiary/aromatic N) is 3. The Bertz CT molecular complexity index is 356. The third-order valence-corrected chi connectivity index (χ3v) is 3.34. The predicted molar refractivity (Wildman–Crippen MR) is 65.6 cm³/mol. The van der Waals surface area contributed by atoms with Crippen LogP contribution in [0.15, 0.2) is 6.33 Å². The van der Waals surface area contributed by atoms with Crippen molar-refractivity contribution in [3.05, 3.63) is 17.6 Å². The van der Waals surface area contributed by atoms with Crippen LogP contribution in [0, 0.1) is 6.92 Å². The summed E-state index contributed by atoms with van der Waals surface area (Å²) in [6, 6.07) is 0.365. The molecular formula is C12H20N4. The van der Waals surface area contributed by atoms with Gasteiger partial charge in [-0.15, -0.1) is 0 Å². The Morgan fingerprint density at radius 2 is 2.06 bits per heavy atom. The van der Waals surface area contributed by atoms with E-state index in [-0.39, 0.29) is 0 Å². The van der Waals surface area contributed by atoms with Gasteiger partial charge in [0, 0.05) is 30.4 Å². The zero-order valence-electron chi connectivity index (χ0n) is 10.1. The Balaban J connectivity index is 2.20. The molecule has 4 nitrogen and oxygen atoms in total. The van der Waals surface area contributed by atoms with Crippen molar-refractivity contribution in [2.45, 2.75) is 39.2 Å². The molecule has 2 heterocycles. The molecule has 0 unspecified atom stereocenters. The number of nitrogens with two attached hydrogens (primary N) is 1. The molecule has 1 aromatic rings. The molecule has 0 bridgehead atoms. The molecule has 1 aromatic heterocycles. The van der Waals surface area contributed by atoms with Gasteiger partial charge >= 0.3 is 0 Å². The molecule has 0 aromatic carbocycles. The van der Waals surface area contributed by atoms with E-state index in [0.717, 1.165) is 43.9 Å². The Morgan fingerprint density at radius 1 is 1.38 bits per heavy atom. The van der Waals surface area contributed by atoms with Crippen molar-refractivity contribution in [1.29, 1.82) is 0 Å². The van der Waals surface area contributed by atoms with Crippen LogP contribution in [0.25, 0.3) is 0 Å². The van der Waals surface area contributed by atoms with Crippen LogP contribution in [0.3, 0.4) is 0 Å². The van der Waals surface area contributed by atoms with Gasteiger partial charge in [0.05, 0.1) is 0 Å². The van der Waals surface area contributed by atoms with Crippen LogP contribution in [-0.2, 0) is 6.42 Å². The minimum absolute atomic E-state index is 0.365. The van der Waals surface area contributed by atoms with Crippen LogP contribution in [-0.4, -0.2) is 29.1 Å². The van der Waals surface area contributed by atoms with Crippen LogP contribution in [0.1, 0.15) is 31.0 Å². The van der Waals surface area contributed by atoms with Crippen LogP contribution < -0.4 is 10.6 Å². The van der Waals surface area contributed by atoms with Gasteiger partial charge in [0.1, 0.15) is 12.1 Å². The molecule has 0 spiro atoms. The molecule has 2 N–H and O–H groups in total. The van der Waals surface area contributed by atoms with Crippen LogP contribution in [0.5, 0.6) is 0 Å². The average molecular weight is 220 g/mol.